The van der Waals surface area contributed by atoms with Crippen LogP contribution in [-0.2, 0) is 6.54 Å². The highest BCUT2D eigenvalue weighted by atomic mass is 16.2. The maximum atomic E-state index is 13.1. The third kappa shape index (κ3) is 3.18. The number of rotatable bonds is 4. The Balaban J connectivity index is 1.37. The molecule has 30 heavy (non-hydrogen) atoms. The minimum Gasteiger partial charge on any atom is -0.327 e. The van der Waals surface area contributed by atoms with Gasteiger partial charge < -0.3 is 14.8 Å². The first-order valence-electron chi connectivity index (χ1n) is 10.1. The van der Waals surface area contributed by atoms with Crippen molar-refractivity contribution < 1.29 is 4.79 Å². The predicted molar refractivity (Wildman–Crippen MR) is 112 cm³/mol. The summed E-state index contributed by atoms with van der Waals surface area (Å²) in [6.45, 7) is 3.65. The normalized spacial score (nSPS) is 16.3. The molecule has 1 unspecified atom stereocenters. The fourth-order valence-electron chi connectivity index (χ4n) is 4.13. The van der Waals surface area contributed by atoms with Crippen molar-refractivity contribution >= 4 is 22.8 Å². The number of aromatic nitrogens is 6. The number of tetrazole rings is 1. The summed E-state index contributed by atoms with van der Waals surface area (Å²) in [5, 5.41) is 14.2. The highest BCUT2D eigenvalue weighted by Gasteiger charge is 2.33. The average molecular weight is 402 g/mol. The number of amides is 2. The van der Waals surface area contributed by atoms with E-state index in [0.717, 1.165) is 47.6 Å². The van der Waals surface area contributed by atoms with Gasteiger partial charge in [0.2, 0.25) is 0 Å². The van der Waals surface area contributed by atoms with Gasteiger partial charge in [0, 0.05) is 18.8 Å². The van der Waals surface area contributed by atoms with Gasteiger partial charge in [-0.3, -0.25) is 0 Å². The quantitative estimate of drug-likeness (QED) is 0.565. The summed E-state index contributed by atoms with van der Waals surface area (Å²) >= 11 is 0. The molecular weight excluding hydrogens is 380 g/mol. The Morgan fingerprint density at radius 2 is 2.00 bits per heavy atom. The molecule has 2 aromatic heterocycles. The van der Waals surface area contributed by atoms with Crippen LogP contribution in [0.15, 0.2) is 54.9 Å². The lowest BCUT2D eigenvalue weighted by atomic mass is 10.2. The number of aryl methyl sites for hydroxylation is 1. The summed E-state index contributed by atoms with van der Waals surface area (Å²) in [6.07, 6.45) is 3.40. The van der Waals surface area contributed by atoms with Gasteiger partial charge in [0.25, 0.3) is 0 Å². The zero-order valence-corrected chi connectivity index (χ0v) is 16.6. The number of urea groups is 1. The topological polar surface area (TPSA) is 93.8 Å². The minimum absolute atomic E-state index is 0.0298. The molecule has 9 nitrogen and oxygen atoms in total. The molecule has 0 spiro atoms. The molecule has 2 amide bonds. The number of nitrogens with one attached hydrogen (secondary N) is 1. The number of imidazole rings is 1. The van der Waals surface area contributed by atoms with E-state index in [9.17, 15) is 4.79 Å². The number of fused-ring (bicyclic) bond motifs is 1. The smallest absolute Gasteiger partial charge is 0.322 e. The second-order valence-electron chi connectivity index (χ2n) is 7.29. The Hall–Kier alpha value is -3.75. The minimum atomic E-state index is -0.109. The summed E-state index contributed by atoms with van der Waals surface area (Å²) in [7, 11) is 0. The summed E-state index contributed by atoms with van der Waals surface area (Å²) in [5.74, 6) is 0.959. The molecule has 0 radical (unpaired) electrons. The fraction of sp³-hybridized carbons (Fsp3) is 0.286. The maximum Gasteiger partial charge on any atom is 0.322 e. The van der Waals surface area contributed by atoms with Crippen molar-refractivity contribution in [2.24, 2.45) is 0 Å². The maximum absolute atomic E-state index is 13.1. The van der Waals surface area contributed by atoms with E-state index in [1.165, 1.54) is 6.33 Å². The van der Waals surface area contributed by atoms with Crippen molar-refractivity contribution in [3.8, 4) is 5.69 Å². The van der Waals surface area contributed by atoms with E-state index < -0.39 is 0 Å². The molecule has 5 rings (SSSR count). The zero-order valence-electron chi connectivity index (χ0n) is 16.6. The number of hydrogen-bond donors (Lipinski definition) is 1. The first-order chi connectivity index (χ1) is 14.7. The number of hydrogen-bond acceptors (Lipinski definition) is 5. The molecule has 0 bridgehead atoms. The SMILES string of the molecule is CCn1c(C2CCCN2C(=O)Nc2ccc(-n3cnnn3)cc2)nc2ccccc21. The van der Waals surface area contributed by atoms with E-state index in [1.807, 2.05) is 47.4 Å². The van der Waals surface area contributed by atoms with Crippen LogP contribution < -0.4 is 5.32 Å². The van der Waals surface area contributed by atoms with Crippen molar-refractivity contribution in [2.75, 3.05) is 11.9 Å². The van der Waals surface area contributed by atoms with E-state index in [2.05, 4.69) is 38.4 Å². The molecule has 1 N–H and O–H groups in total. The molecule has 1 aliphatic heterocycles. The largest absolute Gasteiger partial charge is 0.327 e. The number of benzene rings is 2. The molecule has 9 heteroatoms. The summed E-state index contributed by atoms with van der Waals surface area (Å²) < 4.78 is 3.78. The van der Waals surface area contributed by atoms with Gasteiger partial charge in [-0.05, 0) is 66.6 Å². The molecule has 1 saturated heterocycles. The van der Waals surface area contributed by atoms with Crippen molar-refractivity contribution in [3.63, 3.8) is 0 Å². The molecule has 4 aromatic rings. The van der Waals surface area contributed by atoms with Crippen LogP contribution in [-0.4, -0.2) is 47.2 Å². The Kier molecular flexibility index (Phi) is 4.62. The van der Waals surface area contributed by atoms with Gasteiger partial charge in [0.1, 0.15) is 12.2 Å². The molecule has 0 saturated carbocycles. The highest BCUT2D eigenvalue weighted by Crippen LogP contribution is 2.34. The van der Waals surface area contributed by atoms with Crippen molar-refractivity contribution in [1.82, 2.24) is 34.7 Å². The molecule has 1 atom stereocenters. The lowest BCUT2D eigenvalue weighted by molar-refractivity contribution is 0.204. The Bertz CT molecular complexity index is 1170. The molecule has 1 aliphatic rings. The third-order valence-corrected chi connectivity index (χ3v) is 5.54. The van der Waals surface area contributed by atoms with E-state index >= 15 is 0 Å². The van der Waals surface area contributed by atoms with Crippen LogP contribution in [0.25, 0.3) is 16.7 Å². The van der Waals surface area contributed by atoms with Gasteiger partial charge in [-0.1, -0.05) is 12.1 Å². The number of nitrogens with zero attached hydrogens (tertiary/aromatic N) is 7. The number of carbonyl (C=O) groups excluding carboxylic acids is 1. The first kappa shape index (κ1) is 18.3. The summed E-state index contributed by atoms with van der Waals surface area (Å²) in [4.78, 5) is 19.8. The number of anilines is 1. The van der Waals surface area contributed by atoms with Crippen LogP contribution in [0.3, 0.4) is 0 Å². The van der Waals surface area contributed by atoms with Crippen molar-refractivity contribution in [2.45, 2.75) is 32.4 Å². The number of carbonyl (C=O) groups is 1. The van der Waals surface area contributed by atoms with Gasteiger partial charge in [-0.2, -0.15) is 0 Å². The Morgan fingerprint density at radius 3 is 2.77 bits per heavy atom. The highest BCUT2D eigenvalue weighted by molar-refractivity contribution is 5.90. The van der Waals surface area contributed by atoms with Crippen LogP contribution in [0.2, 0.25) is 0 Å². The molecule has 1 fully saturated rings. The average Bonchev–Trinajstić information content (AvgIpc) is 3.53. The van der Waals surface area contributed by atoms with Gasteiger partial charge in [-0.25, -0.2) is 14.5 Å². The molecule has 0 aliphatic carbocycles. The van der Waals surface area contributed by atoms with Crippen LogP contribution in [0.4, 0.5) is 10.5 Å². The van der Waals surface area contributed by atoms with Gasteiger partial charge in [0.05, 0.1) is 22.8 Å². The predicted octanol–water partition coefficient (Wildman–Crippen LogP) is 3.40. The standard InChI is InChI=1S/C21H22N8O/c1-2-27-18-7-4-3-6-17(18)24-20(27)19-8-5-13-28(19)21(30)23-15-9-11-16(12-10-15)29-14-22-25-26-29/h3-4,6-7,9-12,14,19H,2,5,8,13H2,1H3,(H,23,30). The van der Waals surface area contributed by atoms with E-state index in [-0.39, 0.29) is 12.1 Å². The lowest BCUT2D eigenvalue weighted by Gasteiger charge is -2.25. The molecular formula is C21H22N8O. The monoisotopic (exact) mass is 402 g/mol. The Morgan fingerprint density at radius 1 is 1.17 bits per heavy atom. The molecule has 3 heterocycles. The summed E-state index contributed by atoms with van der Waals surface area (Å²) in [6, 6.07) is 15.4. The van der Waals surface area contributed by atoms with E-state index in [1.54, 1.807) is 4.68 Å². The van der Waals surface area contributed by atoms with Gasteiger partial charge in [-0.15, -0.1) is 5.10 Å². The molecule has 2 aromatic carbocycles. The van der Waals surface area contributed by atoms with Gasteiger partial charge >= 0.3 is 6.03 Å². The number of likely N-dealkylation sites (tertiary alicyclic amines) is 1. The van der Waals surface area contributed by atoms with Gasteiger partial charge in [0.15, 0.2) is 0 Å². The van der Waals surface area contributed by atoms with Crippen LogP contribution in [0.5, 0.6) is 0 Å². The zero-order chi connectivity index (χ0) is 20.5. The fourth-order valence-corrected chi connectivity index (χ4v) is 4.13. The second-order valence-corrected chi connectivity index (χ2v) is 7.29. The van der Waals surface area contributed by atoms with Crippen LogP contribution >= 0.6 is 0 Å². The third-order valence-electron chi connectivity index (χ3n) is 5.54. The summed E-state index contributed by atoms with van der Waals surface area (Å²) in [5.41, 5.74) is 3.64. The first-order valence-corrected chi connectivity index (χ1v) is 10.1. The lowest BCUT2D eigenvalue weighted by Crippen LogP contribution is -2.35. The second kappa shape index (κ2) is 7.58. The van der Waals surface area contributed by atoms with Crippen molar-refractivity contribution in [3.05, 3.63) is 60.7 Å². The van der Waals surface area contributed by atoms with Crippen LogP contribution in [0, 0.1) is 0 Å². The van der Waals surface area contributed by atoms with Crippen molar-refractivity contribution in [1.29, 1.82) is 0 Å². The Labute approximate surface area is 173 Å². The number of para-hydroxylation sites is 2. The van der Waals surface area contributed by atoms with E-state index in [4.69, 9.17) is 4.98 Å². The van der Waals surface area contributed by atoms with E-state index in [0.29, 0.717) is 6.54 Å². The molecule has 152 valence electrons. The van der Waals surface area contributed by atoms with Crippen LogP contribution in [0.1, 0.15) is 31.6 Å².